The molecule has 3 nitrogen and oxygen atoms in total. The monoisotopic (exact) mass is 237 g/mol. The molecule has 1 aromatic rings. The van der Waals surface area contributed by atoms with Gasteiger partial charge in [0.1, 0.15) is 5.82 Å². The van der Waals surface area contributed by atoms with Gasteiger partial charge in [0.05, 0.1) is 12.1 Å². The van der Waals surface area contributed by atoms with Gasteiger partial charge >= 0.3 is 0 Å². The first-order valence-electron chi connectivity index (χ1n) is 5.80. The van der Waals surface area contributed by atoms with E-state index in [1.807, 2.05) is 11.8 Å². The van der Waals surface area contributed by atoms with Gasteiger partial charge in [-0.05, 0) is 37.6 Å². The van der Waals surface area contributed by atoms with Gasteiger partial charge in [-0.1, -0.05) is 0 Å². The normalized spacial score (nSPS) is 22.6. The Balaban J connectivity index is 2.06. The van der Waals surface area contributed by atoms with Crippen LogP contribution in [0.4, 0.5) is 4.39 Å². The van der Waals surface area contributed by atoms with E-state index in [1.54, 1.807) is 0 Å². The zero-order chi connectivity index (χ0) is 12.4. The maximum Gasteiger partial charge on any atom is 0.179 e. The number of β-amino-alcohol motifs (C(OH)–C–C–N with tert-alkyl or cyclic N) is 1. The van der Waals surface area contributed by atoms with Crippen molar-refractivity contribution in [3.8, 4) is 0 Å². The van der Waals surface area contributed by atoms with Crippen LogP contribution in [-0.4, -0.2) is 41.0 Å². The van der Waals surface area contributed by atoms with Crippen molar-refractivity contribution in [1.29, 1.82) is 0 Å². The third-order valence-corrected chi connectivity index (χ3v) is 3.25. The van der Waals surface area contributed by atoms with Crippen LogP contribution in [0.2, 0.25) is 0 Å². The zero-order valence-electron chi connectivity index (χ0n) is 9.77. The first-order valence-corrected chi connectivity index (χ1v) is 5.80. The molecule has 2 atom stereocenters. The lowest BCUT2D eigenvalue weighted by molar-refractivity contribution is 0.0847. The van der Waals surface area contributed by atoms with Gasteiger partial charge in [0.2, 0.25) is 0 Å². The third-order valence-electron chi connectivity index (χ3n) is 3.25. The van der Waals surface area contributed by atoms with Crippen molar-refractivity contribution < 1.29 is 14.3 Å². The standard InChI is InChI=1S/C13H16FNO2/c1-9(15-7-6-12(16)8-15)13(17)10-2-4-11(14)5-3-10/h2-5,9,12,16H,6-8H2,1H3. The van der Waals surface area contributed by atoms with E-state index in [1.165, 1.54) is 24.3 Å². The Hall–Kier alpha value is -1.26. The molecule has 1 saturated heterocycles. The second-order valence-electron chi connectivity index (χ2n) is 4.48. The number of halogens is 1. The maximum atomic E-state index is 12.7. The molecule has 0 radical (unpaired) electrons. The minimum absolute atomic E-state index is 0.0286. The number of nitrogens with zero attached hydrogens (tertiary/aromatic N) is 1. The highest BCUT2D eigenvalue weighted by molar-refractivity contribution is 5.99. The molecule has 1 N–H and O–H groups in total. The number of aliphatic hydroxyl groups excluding tert-OH is 1. The number of carbonyl (C=O) groups is 1. The van der Waals surface area contributed by atoms with E-state index in [9.17, 15) is 14.3 Å². The van der Waals surface area contributed by atoms with E-state index in [2.05, 4.69) is 0 Å². The Bertz CT molecular complexity index is 404. The third kappa shape index (κ3) is 2.70. The van der Waals surface area contributed by atoms with Gasteiger partial charge in [-0.3, -0.25) is 9.69 Å². The average Bonchev–Trinajstić information content (AvgIpc) is 2.75. The van der Waals surface area contributed by atoms with Crippen LogP contribution in [0, 0.1) is 5.82 Å². The molecule has 0 spiro atoms. The molecule has 0 amide bonds. The molecule has 1 fully saturated rings. The minimum atomic E-state index is -0.342. The summed E-state index contributed by atoms with van der Waals surface area (Å²) in [6.07, 6.45) is 0.375. The predicted octanol–water partition coefficient (Wildman–Crippen LogP) is 1.46. The summed E-state index contributed by atoms with van der Waals surface area (Å²) < 4.78 is 12.7. The van der Waals surface area contributed by atoms with Gasteiger partial charge in [0.25, 0.3) is 0 Å². The molecule has 1 heterocycles. The number of hydrogen-bond acceptors (Lipinski definition) is 3. The van der Waals surface area contributed by atoms with Crippen molar-refractivity contribution in [2.75, 3.05) is 13.1 Å². The molecule has 1 aliphatic heterocycles. The van der Waals surface area contributed by atoms with Gasteiger partial charge < -0.3 is 5.11 Å². The summed E-state index contributed by atoms with van der Waals surface area (Å²) in [4.78, 5) is 14.1. The summed E-state index contributed by atoms with van der Waals surface area (Å²) in [5.41, 5.74) is 0.514. The largest absolute Gasteiger partial charge is 0.392 e. The highest BCUT2D eigenvalue weighted by Crippen LogP contribution is 2.16. The SMILES string of the molecule is CC(C(=O)c1ccc(F)cc1)N1CCC(O)C1. The van der Waals surface area contributed by atoms with E-state index < -0.39 is 0 Å². The van der Waals surface area contributed by atoms with Gasteiger partial charge in [0.15, 0.2) is 5.78 Å². The van der Waals surface area contributed by atoms with Crippen LogP contribution in [0.25, 0.3) is 0 Å². The second-order valence-corrected chi connectivity index (χ2v) is 4.48. The number of hydrogen-bond donors (Lipinski definition) is 1. The molecular weight excluding hydrogens is 221 g/mol. The molecule has 1 aromatic carbocycles. The van der Waals surface area contributed by atoms with Gasteiger partial charge in [-0.15, -0.1) is 0 Å². The van der Waals surface area contributed by atoms with Gasteiger partial charge in [-0.25, -0.2) is 4.39 Å². The molecule has 2 rings (SSSR count). The summed E-state index contributed by atoms with van der Waals surface area (Å²) in [6, 6.07) is 5.32. The first-order chi connectivity index (χ1) is 8.08. The molecule has 0 aromatic heterocycles. The fourth-order valence-corrected chi connectivity index (χ4v) is 2.14. The summed E-state index contributed by atoms with van der Waals surface area (Å²) in [7, 11) is 0. The van der Waals surface area contributed by atoms with E-state index in [-0.39, 0.29) is 23.7 Å². The number of Topliss-reactive ketones (excluding diaryl/α,β-unsaturated/α-hetero) is 1. The number of aliphatic hydroxyl groups is 1. The zero-order valence-corrected chi connectivity index (χ0v) is 9.77. The Morgan fingerprint density at radius 2 is 2.12 bits per heavy atom. The number of carbonyl (C=O) groups excluding carboxylic acids is 1. The first kappa shape index (κ1) is 12.2. The fourth-order valence-electron chi connectivity index (χ4n) is 2.14. The van der Waals surface area contributed by atoms with Crippen molar-refractivity contribution in [3.05, 3.63) is 35.6 Å². The Kier molecular flexibility index (Phi) is 3.54. The molecule has 92 valence electrons. The summed E-state index contributed by atoms with van der Waals surface area (Å²) >= 11 is 0. The van der Waals surface area contributed by atoms with E-state index in [0.29, 0.717) is 18.5 Å². The molecule has 2 unspecified atom stereocenters. The van der Waals surface area contributed by atoms with Crippen molar-refractivity contribution >= 4 is 5.78 Å². The molecule has 4 heteroatoms. The van der Waals surface area contributed by atoms with Crippen molar-refractivity contribution in [2.45, 2.75) is 25.5 Å². The van der Waals surface area contributed by atoms with Crippen molar-refractivity contribution in [3.63, 3.8) is 0 Å². The maximum absolute atomic E-state index is 12.7. The smallest absolute Gasteiger partial charge is 0.179 e. The van der Waals surface area contributed by atoms with Crippen LogP contribution in [0.1, 0.15) is 23.7 Å². The van der Waals surface area contributed by atoms with Crippen LogP contribution in [0.15, 0.2) is 24.3 Å². The van der Waals surface area contributed by atoms with Gasteiger partial charge in [0, 0.05) is 18.7 Å². The van der Waals surface area contributed by atoms with Gasteiger partial charge in [-0.2, -0.15) is 0 Å². The van der Waals surface area contributed by atoms with E-state index in [4.69, 9.17) is 0 Å². The number of ketones is 1. The molecular formula is C13H16FNO2. The average molecular weight is 237 g/mol. The van der Waals surface area contributed by atoms with Crippen molar-refractivity contribution in [2.24, 2.45) is 0 Å². The Morgan fingerprint density at radius 3 is 2.65 bits per heavy atom. The molecule has 17 heavy (non-hydrogen) atoms. The number of benzene rings is 1. The summed E-state index contributed by atoms with van der Waals surface area (Å²) in [5, 5.41) is 9.43. The number of rotatable bonds is 3. The highest BCUT2D eigenvalue weighted by Gasteiger charge is 2.28. The highest BCUT2D eigenvalue weighted by atomic mass is 19.1. The molecule has 0 bridgehead atoms. The Morgan fingerprint density at radius 1 is 1.47 bits per heavy atom. The second kappa shape index (κ2) is 4.94. The quantitative estimate of drug-likeness (QED) is 0.809. The lowest BCUT2D eigenvalue weighted by Gasteiger charge is -2.22. The molecule has 0 aliphatic carbocycles. The predicted molar refractivity (Wildman–Crippen MR) is 62.4 cm³/mol. The van der Waals surface area contributed by atoms with Crippen molar-refractivity contribution in [1.82, 2.24) is 4.90 Å². The lowest BCUT2D eigenvalue weighted by atomic mass is 10.0. The molecule has 1 aliphatic rings. The van der Waals surface area contributed by atoms with E-state index in [0.717, 1.165) is 6.54 Å². The van der Waals surface area contributed by atoms with Crippen LogP contribution >= 0.6 is 0 Å². The van der Waals surface area contributed by atoms with Crippen LogP contribution in [0.3, 0.4) is 0 Å². The van der Waals surface area contributed by atoms with Crippen LogP contribution in [0.5, 0.6) is 0 Å². The molecule has 0 saturated carbocycles. The van der Waals surface area contributed by atoms with Crippen LogP contribution in [-0.2, 0) is 0 Å². The minimum Gasteiger partial charge on any atom is -0.392 e. The van der Waals surface area contributed by atoms with E-state index >= 15 is 0 Å². The van der Waals surface area contributed by atoms with Crippen LogP contribution < -0.4 is 0 Å². The fraction of sp³-hybridized carbons (Fsp3) is 0.462. The topological polar surface area (TPSA) is 40.5 Å². The number of likely N-dealkylation sites (tertiary alicyclic amines) is 1. The Labute approximate surface area is 99.9 Å². The summed E-state index contributed by atoms with van der Waals surface area (Å²) in [6.45, 7) is 3.09. The summed E-state index contributed by atoms with van der Waals surface area (Å²) in [5.74, 6) is -0.370. The lowest BCUT2D eigenvalue weighted by Crippen LogP contribution is -2.37.